The van der Waals surface area contributed by atoms with E-state index in [2.05, 4.69) is 34.6 Å². The Morgan fingerprint density at radius 1 is 0.322 bits per heavy atom. The van der Waals surface area contributed by atoms with Crippen molar-refractivity contribution in [2.75, 3.05) is 13.2 Å². The van der Waals surface area contributed by atoms with E-state index in [4.69, 9.17) is 14.2 Å². The average Bonchev–Trinajstić information content (AvgIpc) is 3.20. The number of carbonyl (C=O) groups is 3. The molecule has 6 heteroatoms. The van der Waals surface area contributed by atoms with E-state index in [9.17, 15) is 14.4 Å². The lowest BCUT2D eigenvalue weighted by atomic mass is 10.0. The van der Waals surface area contributed by atoms with Crippen LogP contribution in [0.4, 0.5) is 0 Å². The molecule has 0 aliphatic carbocycles. The van der Waals surface area contributed by atoms with E-state index in [1.54, 1.807) is 0 Å². The van der Waals surface area contributed by atoms with Crippen LogP contribution in [0, 0.1) is 11.8 Å². The number of unbranched alkanes of at least 4 members (excludes halogenated alkanes) is 32. The van der Waals surface area contributed by atoms with Crippen LogP contribution >= 0.6 is 0 Å². The first kappa shape index (κ1) is 57.4. The van der Waals surface area contributed by atoms with Crippen LogP contribution < -0.4 is 0 Å². The topological polar surface area (TPSA) is 78.9 Å². The minimum atomic E-state index is -0.762. The number of ether oxygens (including phenoxy) is 3. The normalized spacial score (nSPS) is 12.1. The van der Waals surface area contributed by atoms with Crippen molar-refractivity contribution in [1.82, 2.24) is 0 Å². The van der Waals surface area contributed by atoms with Crippen molar-refractivity contribution >= 4 is 17.9 Å². The van der Waals surface area contributed by atoms with Gasteiger partial charge in [-0.05, 0) is 31.1 Å². The van der Waals surface area contributed by atoms with Gasteiger partial charge in [0.05, 0.1) is 0 Å². The Hall–Kier alpha value is -1.59. The average molecular weight is 835 g/mol. The molecule has 0 aromatic rings. The predicted molar refractivity (Wildman–Crippen MR) is 252 cm³/mol. The maximum atomic E-state index is 12.7. The van der Waals surface area contributed by atoms with Gasteiger partial charge in [-0.25, -0.2) is 0 Å². The zero-order chi connectivity index (χ0) is 43.3. The summed E-state index contributed by atoms with van der Waals surface area (Å²) in [5, 5.41) is 0. The summed E-state index contributed by atoms with van der Waals surface area (Å²) in [6, 6.07) is 0. The van der Waals surface area contributed by atoms with Gasteiger partial charge in [0.25, 0.3) is 0 Å². The fourth-order valence-corrected chi connectivity index (χ4v) is 7.99. The number of rotatable bonds is 47. The fraction of sp³-hybridized carbons (Fsp3) is 0.943. The van der Waals surface area contributed by atoms with Crippen LogP contribution in [-0.4, -0.2) is 37.2 Å². The standard InChI is InChI=1S/C53H102O6/c1-6-7-8-9-10-11-12-13-18-21-24-27-33-38-43-51(54)57-46-50(59-53(56)45-40-35-30-29-32-37-42-49(4)5)47-58-52(55)44-39-34-28-25-22-19-16-14-15-17-20-23-26-31-36-41-48(2)3/h48-50H,6-47H2,1-5H3/t50-/m1/s1. The van der Waals surface area contributed by atoms with Crippen molar-refractivity contribution < 1.29 is 28.6 Å². The summed E-state index contributed by atoms with van der Waals surface area (Å²) in [5.74, 6) is 0.756. The van der Waals surface area contributed by atoms with Gasteiger partial charge in [0, 0.05) is 19.3 Å². The molecule has 6 nitrogen and oxygen atoms in total. The molecule has 0 heterocycles. The lowest BCUT2D eigenvalue weighted by Crippen LogP contribution is -2.30. The predicted octanol–water partition coefficient (Wildman–Crippen LogP) is 16.9. The molecule has 0 fully saturated rings. The van der Waals surface area contributed by atoms with Crippen LogP contribution in [0.1, 0.15) is 291 Å². The van der Waals surface area contributed by atoms with Crippen LogP contribution in [-0.2, 0) is 28.6 Å². The van der Waals surface area contributed by atoms with E-state index < -0.39 is 6.10 Å². The van der Waals surface area contributed by atoms with Gasteiger partial charge in [0.15, 0.2) is 6.10 Å². The maximum Gasteiger partial charge on any atom is 0.306 e. The molecule has 0 rings (SSSR count). The molecule has 1 atom stereocenters. The molecule has 0 aliphatic rings. The first-order valence-corrected chi connectivity index (χ1v) is 26.2. The highest BCUT2D eigenvalue weighted by Crippen LogP contribution is 2.17. The summed E-state index contributed by atoms with van der Waals surface area (Å²) >= 11 is 0. The molecular formula is C53H102O6. The molecular weight excluding hydrogens is 733 g/mol. The van der Waals surface area contributed by atoms with E-state index >= 15 is 0 Å². The molecule has 0 amide bonds. The highest BCUT2D eigenvalue weighted by Gasteiger charge is 2.19. The zero-order valence-electron chi connectivity index (χ0n) is 40.4. The summed E-state index contributed by atoms with van der Waals surface area (Å²) in [7, 11) is 0. The lowest BCUT2D eigenvalue weighted by molar-refractivity contribution is -0.167. The minimum Gasteiger partial charge on any atom is -0.462 e. The van der Waals surface area contributed by atoms with E-state index in [-0.39, 0.29) is 31.1 Å². The number of hydrogen-bond donors (Lipinski definition) is 0. The molecule has 0 aromatic carbocycles. The van der Waals surface area contributed by atoms with Crippen LogP contribution in [0.2, 0.25) is 0 Å². The third-order valence-electron chi connectivity index (χ3n) is 12.0. The van der Waals surface area contributed by atoms with Gasteiger partial charge in [0.2, 0.25) is 0 Å². The smallest absolute Gasteiger partial charge is 0.306 e. The number of hydrogen-bond acceptors (Lipinski definition) is 6. The summed E-state index contributed by atoms with van der Waals surface area (Å²) in [6.07, 6.45) is 46.8. The molecule has 0 spiro atoms. The fourth-order valence-electron chi connectivity index (χ4n) is 7.99. The van der Waals surface area contributed by atoms with Crippen molar-refractivity contribution in [3.05, 3.63) is 0 Å². The molecule has 0 aromatic heterocycles. The van der Waals surface area contributed by atoms with Crippen molar-refractivity contribution in [3.63, 3.8) is 0 Å². The molecule has 0 aliphatic heterocycles. The number of esters is 3. The van der Waals surface area contributed by atoms with Gasteiger partial charge in [-0.3, -0.25) is 14.4 Å². The Morgan fingerprint density at radius 2 is 0.559 bits per heavy atom. The monoisotopic (exact) mass is 835 g/mol. The Bertz CT molecular complexity index is 900. The lowest BCUT2D eigenvalue weighted by Gasteiger charge is -2.18. The summed E-state index contributed by atoms with van der Waals surface area (Å²) < 4.78 is 16.8. The van der Waals surface area contributed by atoms with Crippen LogP contribution in [0.3, 0.4) is 0 Å². The Kier molecular flexibility index (Phi) is 44.7. The van der Waals surface area contributed by atoms with Crippen molar-refractivity contribution in [2.24, 2.45) is 11.8 Å². The van der Waals surface area contributed by atoms with Gasteiger partial charge in [-0.15, -0.1) is 0 Å². The maximum absolute atomic E-state index is 12.7. The molecule has 0 radical (unpaired) electrons. The second-order valence-corrected chi connectivity index (χ2v) is 19.1. The van der Waals surface area contributed by atoms with Crippen molar-refractivity contribution in [1.29, 1.82) is 0 Å². The number of carbonyl (C=O) groups excluding carboxylic acids is 3. The quantitative estimate of drug-likeness (QED) is 0.0345. The van der Waals surface area contributed by atoms with Crippen molar-refractivity contribution in [2.45, 2.75) is 298 Å². The Morgan fingerprint density at radius 3 is 0.831 bits per heavy atom. The summed E-state index contributed by atoms with van der Waals surface area (Å²) in [6.45, 7) is 11.3. The van der Waals surface area contributed by atoms with Gasteiger partial charge < -0.3 is 14.2 Å². The summed E-state index contributed by atoms with van der Waals surface area (Å²) in [4.78, 5) is 37.9. The molecule has 0 saturated carbocycles. The molecule has 0 bridgehead atoms. The van der Waals surface area contributed by atoms with Gasteiger partial charge in [-0.2, -0.15) is 0 Å². The zero-order valence-corrected chi connectivity index (χ0v) is 40.4. The largest absolute Gasteiger partial charge is 0.462 e. The van der Waals surface area contributed by atoms with Crippen LogP contribution in [0.25, 0.3) is 0 Å². The van der Waals surface area contributed by atoms with E-state index in [0.29, 0.717) is 19.3 Å². The Labute approximate surface area is 368 Å². The highest BCUT2D eigenvalue weighted by atomic mass is 16.6. The second kappa shape index (κ2) is 45.9. The highest BCUT2D eigenvalue weighted by molar-refractivity contribution is 5.71. The first-order chi connectivity index (χ1) is 28.7. The minimum absolute atomic E-state index is 0.0646. The molecule has 350 valence electrons. The Balaban J connectivity index is 4.22. The van der Waals surface area contributed by atoms with Gasteiger partial charge >= 0.3 is 17.9 Å². The van der Waals surface area contributed by atoms with Gasteiger partial charge in [-0.1, -0.05) is 253 Å². The van der Waals surface area contributed by atoms with Gasteiger partial charge in [0.1, 0.15) is 13.2 Å². The van der Waals surface area contributed by atoms with Crippen LogP contribution in [0.15, 0.2) is 0 Å². The third kappa shape index (κ3) is 47.3. The second-order valence-electron chi connectivity index (χ2n) is 19.1. The molecule has 0 N–H and O–H groups in total. The third-order valence-corrected chi connectivity index (χ3v) is 12.0. The molecule has 59 heavy (non-hydrogen) atoms. The van der Waals surface area contributed by atoms with E-state index in [0.717, 1.165) is 69.6 Å². The van der Waals surface area contributed by atoms with Crippen LogP contribution in [0.5, 0.6) is 0 Å². The first-order valence-electron chi connectivity index (χ1n) is 26.2. The molecule has 0 unspecified atom stereocenters. The SMILES string of the molecule is CCCCCCCCCCCCCCCCC(=O)OC[C@H](COC(=O)CCCCCCCCCCCCCCCCCC(C)C)OC(=O)CCCCCCCCC(C)C. The summed E-state index contributed by atoms with van der Waals surface area (Å²) in [5.41, 5.74) is 0. The van der Waals surface area contributed by atoms with E-state index in [1.807, 2.05) is 0 Å². The van der Waals surface area contributed by atoms with Crippen molar-refractivity contribution in [3.8, 4) is 0 Å². The molecule has 0 saturated heterocycles. The van der Waals surface area contributed by atoms with E-state index in [1.165, 1.54) is 180 Å².